The largest absolute Gasteiger partial charge is 0.381 e. The summed E-state index contributed by atoms with van der Waals surface area (Å²) >= 11 is 3.62. The molecule has 0 atom stereocenters. The molecule has 0 spiro atoms. The minimum absolute atomic E-state index is 0.572. The molecular formula is C13H20BrN. The molecule has 1 aromatic carbocycles. The van der Waals surface area contributed by atoms with Crippen LogP contribution in [-0.4, -0.2) is 6.04 Å². The molecule has 0 unspecified atom stereocenters. The van der Waals surface area contributed by atoms with Crippen molar-refractivity contribution in [2.24, 2.45) is 0 Å². The molecule has 0 amide bonds. The molecule has 1 aromatic rings. The molecule has 0 aliphatic heterocycles. The second kappa shape index (κ2) is 5.55. The maximum atomic E-state index is 3.62. The summed E-state index contributed by atoms with van der Waals surface area (Å²) in [5, 5.41) is 3.60. The maximum Gasteiger partial charge on any atom is 0.0516 e. The molecular weight excluding hydrogens is 250 g/mol. The van der Waals surface area contributed by atoms with Gasteiger partial charge in [0.25, 0.3) is 0 Å². The molecule has 0 saturated carbocycles. The van der Waals surface area contributed by atoms with E-state index in [9.17, 15) is 0 Å². The highest BCUT2D eigenvalue weighted by Crippen LogP contribution is 2.28. The molecule has 0 aliphatic carbocycles. The Hall–Kier alpha value is -0.500. The Morgan fingerprint density at radius 2 is 1.80 bits per heavy atom. The summed E-state index contributed by atoms with van der Waals surface area (Å²) in [6.45, 7) is 8.72. The summed E-state index contributed by atoms with van der Waals surface area (Å²) in [6, 6.07) is 4.95. The van der Waals surface area contributed by atoms with Crippen molar-refractivity contribution in [3.05, 3.63) is 27.7 Å². The lowest BCUT2D eigenvalue weighted by Crippen LogP contribution is -2.18. The molecule has 84 valence electrons. The van der Waals surface area contributed by atoms with Crippen LogP contribution in [0.1, 0.15) is 37.8 Å². The lowest BCUT2D eigenvalue weighted by molar-refractivity contribution is 0.670. The zero-order valence-electron chi connectivity index (χ0n) is 10.0. The van der Waals surface area contributed by atoms with E-state index < -0.39 is 0 Å². The Morgan fingerprint density at radius 1 is 1.20 bits per heavy atom. The van der Waals surface area contributed by atoms with Crippen LogP contribution >= 0.6 is 15.9 Å². The molecule has 0 bridgehead atoms. The van der Waals surface area contributed by atoms with Gasteiger partial charge in [0, 0.05) is 10.5 Å². The van der Waals surface area contributed by atoms with Gasteiger partial charge in [0.05, 0.1) is 5.69 Å². The lowest BCUT2D eigenvalue weighted by atomic mass is 10.1. The van der Waals surface area contributed by atoms with Gasteiger partial charge in [-0.3, -0.25) is 0 Å². The predicted molar refractivity (Wildman–Crippen MR) is 71.6 cm³/mol. The van der Waals surface area contributed by atoms with E-state index in [1.54, 1.807) is 0 Å². The number of nitrogens with one attached hydrogen (secondary N) is 1. The molecule has 0 saturated heterocycles. The lowest BCUT2D eigenvalue weighted by Gasteiger charge is -2.19. The van der Waals surface area contributed by atoms with Crippen molar-refractivity contribution in [1.82, 2.24) is 0 Å². The molecule has 15 heavy (non-hydrogen) atoms. The highest BCUT2D eigenvalue weighted by molar-refractivity contribution is 9.10. The average Bonchev–Trinajstić information content (AvgIpc) is 2.17. The quantitative estimate of drug-likeness (QED) is 0.838. The number of anilines is 1. The predicted octanol–water partition coefficient (Wildman–Crippen LogP) is 4.67. The zero-order chi connectivity index (χ0) is 11.4. The third kappa shape index (κ3) is 3.23. The number of aryl methyl sites for hydroxylation is 2. The molecule has 1 nitrogen and oxygen atoms in total. The molecule has 0 heterocycles. The first-order valence-electron chi connectivity index (χ1n) is 5.61. The molecule has 1 rings (SSSR count). The molecule has 2 heteroatoms. The molecule has 0 fully saturated rings. The van der Waals surface area contributed by atoms with E-state index in [0.29, 0.717) is 6.04 Å². The van der Waals surface area contributed by atoms with Crippen LogP contribution in [0.25, 0.3) is 0 Å². The van der Waals surface area contributed by atoms with Gasteiger partial charge in [-0.25, -0.2) is 0 Å². The molecule has 0 aromatic heterocycles. The number of hydrogen-bond donors (Lipinski definition) is 1. The van der Waals surface area contributed by atoms with Gasteiger partial charge in [-0.2, -0.15) is 0 Å². The van der Waals surface area contributed by atoms with Gasteiger partial charge in [-0.05, 0) is 59.8 Å². The van der Waals surface area contributed by atoms with Gasteiger partial charge >= 0.3 is 0 Å². The Bertz CT molecular complexity index is 306. The van der Waals surface area contributed by atoms with Gasteiger partial charge in [-0.15, -0.1) is 0 Å². The van der Waals surface area contributed by atoms with E-state index in [-0.39, 0.29) is 0 Å². The van der Waals surface area contributed by atoms with Crippen molar-refractivity contribution < 1.29 is 0 Å². The number of rotatable bonds is 4. The van der Waals surface area contributed by atoms with Crippen molar-refractivity contribution in [3.63, 3.8) is 0 Å². The van der Waals surface area contributed by atoms with Gasteiger partial charge in [-0.1, -0.05) is 19.9 Å². The van der Waals surface area contributed by atoms with Crippen LogP contribution in [0.3, 0.4) is 0 Å². The summed E-state index contributed by atoms with van der Waals surface area (Å²) in [5.41, 5.74) is 3.86. The maximum absolute atomic E-state index is 3.62. The van der Waals surface area contributed by atoms with Gasteiger partial charge in [0.1, 0.15) is 0 Å². The van der Waals surface area contributed by atoms with Crippen LogP contribution in [0.2, 0.25) is 0 Å². The average molecular weight is 270 g/mol. The van der Waals surface area contributed by atoms with E-state index in [0.717, 1.165) is 12.8 Å². The van der Waals surface area contributed by atoms with Crippen molar-refractivity contribution in [3.8, 4) is 0 Å². The first kappa shape index (κ1) is 12.6. The minimum atomic E-state index is 0.572. The summed E-state index contributed by atoms with van der Waals surface area (Å²) in [7, 11) is 0. The van der Waals surface area contributed by atoms with Crippen molar-refractivity contribution >= 4 is 21.6 Å². The highest BCUT2D eigenvalue weighted by Gasteiger charge is 2.08. The van der Waals surface area contributed by atoms with E-state index in [1.807, 2.05) is 0 Å². The number of benzene rings is 1. The molecule has 0 aliphatic rings. The third-order valence-electron chi connectivity index (χ3n) is 2.77. The monoisotopic (exact) mass is 269 g/mol. The SMILES string of the molecule is CCC(CC)Nc1c(C)cc(C)cc1Br. The standard InChI is InChI=1S/C13H20BrN/c1-5-11(6-2)15-13-10(4)7-9(3)8-12(13)14/h7-8,11,15H,5-6H2,1-4H3. The van der Waals surface area contributed by atoms with Crippen LogP contribution in [-0.2, 0) is 0 Å². The van der Waals surface area contributed by atoms with Gasteiger partial charge in [0.2, 0.25) is 0 Å². The Kier molecular flexibility index (Phi) is 4.65. The zero-order valence-corrected chi connectivity index (χ0v) is 11.6. The normalized spacial score (nSPS) is 10.8. The van der Waals surface area contributed by atoms with Crippen molar-refractivity contribution in [2.75, 3.05) is 5.32 Å². The summed E-state index contributed by atoms with van der Waals surface area (Å²) < 4.78 is 1.17. The fourth-order valence-electron chi connectivity index (χ4n) is 1.80. The summed E-state index contributed by atoms with van der Waals surface area (Å²) in [6.07, 6.45) is 2.33. The summed E-state index contributed by atoms with van der Waals surface area (Å²) in [4.78, 5) is 0. The second-order valence-corrected chi connectivity index (χ2v) is 4.95. The fraction of sp³-hybridized carbons (Fsp3) is 0.538. The van der Waals surface area contributed by atoms with Crippen LogP contribution < -0.4 is 5.32 Å². The second-order valence-electron chi connectivity index (χ2n) is 4.10. The van der Waals surface area contributed by atoms with Crippen LogP contribution in [0.4, 0.5) is 5.69 Å². The van der Waals surface area contributed by atoms with E-state index >= 15 is 0 Å². The fourth-order valence-corrected chi connectivity index (χ4v) is 2.58. The number of hydrogen-bond acceptors (Lipinski definition) is 1. The van der Waals surface area contributed by atoms with E-state index in [2.05, 4.69) is 61.1 Å². The van der Waals surface area contributed by atoms with E-state index in [1.165, 1.54) is 21.3 Å². The topological polar surface area (TPSA) is 12.0 Å². The number of halogens is 1. The van der Waals surface area contributed by atoms with Crippen molar-refractivity contribution in [1.29, 1.82) is 0 Å². The Morgan fingerprint density at radius 3 is 2.27 bits per heavy atom. The minimum Gasteiger partial charge on any atom is -0.381 e. The first-order valence-corrected chi connectivity index (χ1v) is 6.41. The molecule has 1 N–H and O–H groups in total. The van der Waals surface area contributed by atoms with Gasteiger partial charge in [0.15, 0.2) is 0 Å². The Labute approximate surface area is 101 Å². The first-order chi connectivity index (χ1) is 7.08. The molecule has 0 radical (unpaired) electrons. The summed E-state index contributed by atoms with van der Waals surface area (Å²) in [5.74, 6) is 0. The third-order valence-corrected chi connectivity index (χ3v) is 3.39. The highest BCUT2D eigenvalue weighted by atomic mass is 79.9. The van der Waals surface area contributed by atoms with Crippen LogP contribution in [0, 0.1) is 13.8 Å². The van der Waals surface area contributed by atoms with Crippen LogP contribution in [0.5, 0.6) is 0 Å². The van der Waals surface area contributed by atoms with Crippen LogP contribution in [0.15, 0.2) is 16.6 Å². The van der Waals surface area contributed by atoms with E-state index in [4.69, 9.17) is 0 Å². The smallest absolute Gasteiger partial charge is 0.0516 e. The Balaban J connectivity index is 2.94. The van der Waals surface area contributed by atoms with Gasteiger partial charge < -0.3 is 5.32 Å². The van der Waals surface area contributed by atoms with Crippen molar-refractivity contribution in [2.45, 2.75) is 46.6 Å².